The van der Waals surface area contributed by atoms with Gasteiger partial charge in [-0.05, 0) is 56.4 Å². The molecule has 0 aromatic heterocycles. The van der Waals surface area contributed by atoms with Crippen molar-refractivity contribution in [1.82, 2.24) is 10.2 Å². The maximum atomic E-state index is 13.3. The molecule has 3 rings (SSSR count). The number of aliphatic hydroxyl groups excluding tert-OH is 1. The Morgan fingerprint density at radius 3 is 2.40 bits per heavy atom. The first-order chi connectivity index (χ1) is 16.5. The van der Waals surface area contributed by atoms with Crippen molar-refractivity contribution in [2.75, 3.05) is 37.4 Å². The molecule has 0 saturated carbocycles. The average Bonchev–Trinajstić information content (AvgIpc) is 2.81. The number of nitrogens with zero attached hydrogens (tertiary/aromatic N) is 1. The summed E-state index contributed by atoms with van der Waals surface area (Å²) >= 11 is 0. The second kappa shape index (κ2) is 11.0. The van der Waals surface area contributed by atoms with E-state index in [0.29, 0.717) is 24.5 Å². The molecule has 0 saturated heterocycles. The van der Waals surface area contributed by atoms with E-state index in [-0.39, 0.29) is 35.8 Å². The minimum Gasteiger partial charge on any atom is -0.488 e. The molecule has 0 unspecified atom stereocenters. The second-order valence-corrected chi connectivity index (χ2v) is 8.55. The van der Waals surface area contributed by atoms with Crippen LogP contribution in [-0.2, 0) is 6.18 Å². The smallest absolute Gasteiger partial charge is 0.416 e. The van der Waals surface area contributed by atoms with E-state index in [1.165, 1.54) is 6.07 Å². The Morgan fingerprint density at radius 2 is 1.80 bits per heavy atom. The van der Waals surface area contributed by atoms with E-state index >= 15 is 0 Å². The fourth-order valence-electron chi connectivity index (χ4n) is 3.78. The first kappa shape index (κ1) is 26.3. The van der Waals surface area contributed by atoms with Gasteiger partial charge in [0.15, 0.2) is 0 Å². The van der Waals surface area contributed by atoms with E-state index in [1.54, 1.807) is 31.0 Å². The number of likely N-dealkylation sites (N-methyl/N-ethyl adjacent to an activating group) is 1. The number of alkyl halides is 3. The van der Waals surface area contributed by atoms with Crippen molar-refractivity contribution >= 4 is 23.3 Å². The van der Waals surface area contributed by atoms with E-state index < -0.39 is 23.8 Å². The Bertz CT molecular complexity index is 1050. The van der Waals surface area contributed by atoms with Gasteiger partial charge in [0.25, 0.3) is 5.91 Å². The lowest BCUT2D eigenvalue weighted by Crippen LogP contribution is -2.49. The normalized spacial score (nSPS) is 19.2. The molecular formula is C24H29F3N4O4. The third kappa shape index (κ3) is 6.43. The molecule has 1 heterocycles. The third-order valence-corrected chi connectivity index (χ3v) is 5.80. The Balaban J connectivity index is 1.82. The highest BCUT2D eigenvalue weighted by Crippen LogP contribution is 2.31. The predicted octanol–water partition coefficient (Wildman–Crippen LogP) is 3.79. The van der Waals surface area contributed by atoms with E-state index in [0.717, 1.165) is 24.3 Å². The Kier molecular flexibility index (Phi) is 8.23. The molecule has 1 aliphatic heterocycles. The third-order valence-electron chi connectivity index (χ3n) is 5.80. The Hall–Kier alpha value is -3.31. The van der Waals surface area contributed by atoms with Crippen molar-refractivity contribution in [3.05, 3.63) is 53.6 Å². The molecule has 2 aromatic carbocycles. The van der Waals surface area contributed by atoms with Gasteiger partial charge in [0.2, 0.25) is 0 Å². The van der Waals surface area contributed by atoms with Crippen LogP contribution in [0.4, 0.5) is 29.3 Å². The zero-order chi connectivity index (χ0) is 25.8. The Morgan fingerprint density at radius 1 is 1.17 bits per heavy atom. The average molecular weight is 495 g/mol. The standard InChI is InChI=1S/C24H29F3N4O4/c1-14-12-31(15(2)13-32)22(33)19-10-18(8-9-20(19)35-21(14)11-28-3)30-23(34)29-17-6-4-16(5-7-17)24(25,26)27/h4-10,14-15,21,28,32H,11-13H2,1-3H3,(H2,29,30,34)/t14-,15-,21+/m1/s1. The van der Waals surface area contributed by atoms with Gasteiger partial charge in [-0.1, -0.05) is 6.92 Å². The highest BCUT2D eigenvalue weighted by molar-refractivity contribution is 6.02. The fraction of sp³-hybridized carbons (Fsp3) is 0.417. The lowest BCUT2D eigenvalue weighted by atomic mass is 9.99. The van der Waals surface area contributed by atoms with Crippen LogP contribution in [0.3, 0.4) is 0 Å². The molecule has 0 radical (unpaired) electrons. The van der Waals surface area contributed by atoms with Crippen LogP contribution in [0.2, 0.25) is 0 Å². The lowest BCUT2D eigenvalue weighted by Gasteiger charge is -2.37. The largest absolute Gasteiger partial charge is 0.488 e. The number of benzene rings is 2. The summed E-state index contributed by atoms with van der Waals surface area (Å²) in [5.41, 5.74) is -0.129. The number of carbonyl (C=O) groups is 2. The molecule has 190 valence electrons. The summed E-state index contributed by atoms with van der Waals surface area (Å²) in [6, 6.07) is 7.57. The minimum absolute atomic E-state index is 0.0131. The first-order valence-electron chi connectivity index (χ1n) is 11.2. The summed E-state index contributed by atoms with van der Waals surface area (Å²) < 4.78 is 44.3. The molecule has 3 atom stereocenters. The van der Waals surface area contributed by atoms with Crippen molar-refractivity contribution < 1.29 is 32.6 Å². The van der Waals surface area contributed by atoms with Crippen molar-refractivity contribution in [3.63, 3.8) is 0 Å². The van der Waals surface area contributed by atoms with Gasteiger partial charge in [0.1, 0.15) is 11.9 Å². The van der Waals surface area contributed by atoms with Crippen LogP contribution >= 0.6 is 0 Å². The molecule has 4 N–H and O–H groups in total. The number of carbonyl (C=O) groups excluding carboxylic acids is 2. The number of hydrogen-bond acceptors (Lipinski definition) is 5. The van der Waals surface area contributed by atoms with Gasteiger partial charge < -0.3 is 30.7 Å². The van der Waals surface area contributed by atoms with Crippen LogP contribution in [0, 0.1) is 5.92 Å². The number of hydrogen-bond donors (Lipinski definition) is 4. The summed E-state index contributed by atoms with van der Waals surface area (Å²) in [5, 5.41) is 17.8. The van der Waals surface area contributed by atoms with Crippen molar-refractivity contribution in [2.45, 2.75) is 32.2 Å². The summed E-state index contributed by atoms with van der Waals surface area (Å²) in [6.45, 7) is 4.43. The van der Waals surface area contributed by atoms with Gasteiger partial charge >= 0.3 is 12.2 Å². The molecule has 8 nitrogen and oxygen atoms in total. The molecular weight excluding hydrogens is 465 g/mol. The number of rotatable bonds is 6. The van der Waals surface area contributed by atoms with Gasteiger partial charge in [-0.15, -0.1) is 0 Å². The van der Waals surface area contributed by atoms with Gasteiger partial charge in [0, 0.05) is 30.4 Å². The van der Waals surface area contributed by atoms with Gasteiger partial charge in [-0.3, -0.25) is 4.79 Å². The zero-order valence-electron chi connectivity index (χ0n) is 19.6. The highest BCUT2D eigenvalue weighted by Gasteiger charge is 2.33. The van der Waals surface area contributed by atoms with Crippen LogP contribution in [-0.4, -0.2) is 60.8 Å². The molecule has 0 spiro atoms. The fourth-order valence-corrected chi connectivity index (χ4v) is 3.78. The number of fused-ring (bicyclic) bond motifs is 1. The second-order valence-electron chi connectivity index (χ2n) is 8.55. The predicted molar refractivity (Wildman–Crippen MR) is 126 cm³/mol. The molecule has 0 aliphatic carbocycles. The number of aliphatic hydroxyl groups is 1. The first-order valence-corrected chi connectivity index (χ1v) is 11.2. The lowest BCUT2D eigenvalue weighted by molar-refractivity contribution is -0.137. The van der Waals surface area contributed by atoms with Crippen molar-refractivity contribution in [1.29, 1.82) is 0 Å². The summed E-state index contributed by atoms with van der Waals surface area (Å²) in [4.78, 5) is 27.3. The molecule has 0 fully saturated rings. The SMILES string of the molecule is CNC[C@@H]1Oc2ccc(NC(=O)Nc3ccc(C(F)(F)F)cc3)cc2C(=O)N([C@H](C)CO)C[C@H]1C. The van der Waals surface area contributed by atoms with Gasteiger partial charge in [-0.2, -0.15) is 13.2 Å². The number of nitrogens with one attached hydrogen (secondary N) is 3. The number of amides is 3. The van der Waals surface area contributed by atoms with E-state index in [1.807, 2.05) is 6.92 Å². The number of anilines is 2. The molecule has 0 bridgehead atoms. The Labute approximate surface area is 201 Å². The van der Waals surface area contributed by atoms with E-state index in [2.05, 4.69) is 16.0 Å². The number of urea groups is 1. The van der Waals surface area contributed by atoms with Gasteiger partial charge in [-0.25, -0.2) is 4.79 Å². The summed E-state index contributed by atoms with van der Waals surface area (Å²) in [5.74, 6) is -0.00499. The molecule has 11 heteroatoms. The van der Waals surface area contributed by atoms with Crippen LogP contribution in [0.5, 0.6) is 5.75 Å². The van der Waals surface area contributed by atoms with Crippen molar-refractivity contribution in [2.24, 2.45) is 5.92 Å². The molecule has 35 heavy (non-hydrogen) atoms. The maximum absolute atomic E-state index is 13.3. The van der Waals surface area contributed by atoms with Crippen molar-refractivity contribution in [3.8, 4) is 5.75 Å². The zero-order valence-corrected chi connectivity index (χ0v) is 19.6. The highest BCUT2D eigenvalue weighted by atomic mass is 19.4. The molecule has 2 aromatic rings. The summed E-state index contributed by atoms with van der Waals surface area (Å²) in [7, 11) is 1.80. The van der Waals surface area contributed by atoms with Crippen LogP contribution in [0.25, 0.3) is 0 Å². The number of ether oxygens (including phenoxy) is 1. The number of halogens is 3. The van der Waals surface area contributed by atoms with E-state index in [4.69, 9.17) is 4.74 Å². The summed E-state index contributed by atoms with van der Waals surface area (Å²) in [6.07, 6.45) is -4.70. The quantitative estimate of drug-likeness (QED) is 0.490. The van der Waals surface area contributed by atoms with Crippen LogP contribution in [0.15, 0.2) is 42.5 Å². The van der Waals surface area contributed by atoms with Crippen LogP contribution < -0.4 is 20.7 Å². The molecule has 3 amide bonds. The molecule has 1 aliphatic rings. The maximum Gasteiger partial charge on any atom is 0.416 e. The topological polar surface area (TPSA) is 103 Å². The minimum atomic E-state index is -4.47. The van der Waals surface area contributed by atoms with E-state index in [9.17, 15) is 27.9 Å². The van der Waals surface area contributed by atoms with Crippen LogP contribution in [0.1, 0.15) is 29.8 Å². The van der Waals surface area contributed by atoms with Gasteiger partial charge in [0.05, 0.1) is 23.8 Å². The monoisotopic (exact) mass is 494 g/mol.